The molecule has 3 N–H and O–H groups in total. The number of ether oxygens (including phenoxy) is 1. The van der Waals surface area contributed by atoms with Crippen molar-refractivity contribution in [1.29, 1.82) is 0 Å². The lowest BCUT2D eigenvalue weighted by molar-refractivity contribution is 0.102. The van der Waals surface area contributed by atoms with Gasteiger partial charge in [-0.15, -0.1) is 12.4 Å². The summed E-state index contributed by atoms with van der Waals surface area (Å²) in [7, 11) is 1.60. The zero-order valence-electron chi connectivity index (χ0n) is 16.0. The van der Waals surface area contributed by atoms with Crippen LogP contribution in [0.15, 0.2) is 48.7 Å². The molecule has 1 aromatic carbocycles. The van der Waals surface area contributed by atoms with Crippen LogP contribution in [0, 0.1) is 0 Å². The maximum absolute atomic E-state index is 12.7. The largest absolute Gasteiger partial charge is 0.494 e. The predicted octanol–water partition coefficient (Wildman–Crippen LogP) is 2.56. The lowest BCUT2D eigenvalue weighted by Gasteiger charge is -2.30. The summed E-state index contributed by atoms with van der Waals surface area (Å²) in [5.74, 6) is 0.323. The van der Waals surface area contributed by atoms with E-state index in [4.69, 9.17) is 4.74 Å². The van der Waals surface area contributed by atoms with Crippen LogP contribution in [0.2, 0.25) is 0 Å². The number of amides is 1. The van der Waals surface area contributed by atoms with Gasteiger partial charge in [-0.2, -0.15) is 5.10 Å². The molecular formula is C20H23ClN6O2. The molecule has 1 amide bonds. The zero-order valence-corrected chi connectivity index (χ0v) is 16.8. The number of hydrogen-bond donors (Lipinski definition) is 3. The molecular weight excluding hydrogens is 392 g/mol. The summed E-state index contributed by atoms with van der Waals surface area (Å²) in [6.45, 7) is 3.80. The highest BCUT2D eigenvalue weighted by Crippen LogP contribution is 2.30. The summed E-state index contributed by atoms with van der Waals surface area (Å²) in [5, 5.41) is 13.0. The van der Waals surface area contributed by atoms with Crippen LogP contribution in [0.25, 0.3) is 11.4 Å². The summed E-state index contributed by atoms with van der Waals surface area (Å²) in [6.07, 6.45) is 1.65. The lowest BCUT2D eigenvalue weighted by atomic mass is 10.2. The first kappa shape index (κ1) is 20.6. The number of carbonyl (C=O) groups is 1. The Kier molecular flexibility index (Phi) is 6.69. The highest BCUT2D eigenvalue weighted by molar-refractivity contribution is 6.04. The predicted molar refractivity (Wildman–Crippen MR) is 115 cm³/mol. The van der Waals surface area contributed by atoms with Gasteiger partial charge in [0.05, 0.1) is 24.2 Å². The van der Waals surface area contributed by atoms with Gasteiger partial charge in [0.1, 0.15) is 11.4 Å². The molecule has 1 saturated heterocycles. The van der Waals surface area contributed by atoms with Crippen LogP contribution in [0.3, 0.4) is 0 Å². The Hall–Kier alpha value is -3.10. The zero-order chi connectivity index (χ0) is 19.3. The average molecular weight is 415 g/mol. The molecule has 1 fully saturated rings. The van der Waals surface area contributed by atoms with E-state index in [0.717, 1.165) is 37.6 Å². The molecule has 0 aliphatic carbocycles. The van der Waals surface area contributed by atoms with Crippen LogP contribution >= 0.6 is 12.4 Å². The van der Waals surface area contributed by atoms with Crippen molar-refractivity contribution < 1.29 is 9.53 Å². The summed E-state index contributed by atoms with van der Waals surface area (Å²) in [6, 6.07) is 12.9. The van der Waals surface area contributed by atoms with Gasteiger partial charge in [-0.3, -0.25) is 9.89 Å². The third kappa shape index (κ3) is 4.67. The molecule has 8 nitrogen and oxygen atoms in total. The number of methoxy groups -OCH3 is 1. The molecule has 0 atom stereocenters. The van der Waals surface area contributed by atoms with Crippen LogP contribution in [-0.4, -0.2) is 54.4 Å². The van der Waals surface area contributed by atoms with Crippen LogP contribution in [0.4, 0.5) is 11.4 Å². The van der Waals surface area contributed by atoms with Crippen molar-refractivity contribution in [2.75, 3.05) is 43.5 Å². The topological polar surface area (TPSA) is 95.2 Å². The summed E-state index contributed by atoms with van der Waals surface area (Å²) in [5.41, 5.74) is 3.43. The molecule has 3 aromatic rings. The maximum atomic E-state index is 12.7. The van der Waals surface area contributed by atoms with Crippen molar-refractivity contribution >= 4 is 29.7 Å². The van der Waals surface area contributed by atoms with Crippen molar-refractivity contribution in [2.45, 2.75) is 0 Å². The van der Waals surface area contributed by atoms with E-state index in [0.29, 0.717) is 22.8 Å². The second-order valence-electron chi connectivity index (χ2n) is 6.45. The third-order valence-electron chi connectivity index (χ3n) is 4.67. The second kappa shape index (κ2) is 9.40. The minimum Gasteiger partial charge on any atom is -0.494 e. The summed E-state index contributed by atoms with van der Waals surface area (Å²) >= 11 is 0. The van der Waals surface area contributed by atoms with Crippen molar-refractivity contribution in [1.82, 2.24) is 20.5 Å². The number of nitrogens with one attached hydrogen (secondary N) is 3. The number of H-pyrrole nitrogens is 1. The number of rotatable bonds is 5. The molecule has 0 radical (unpaired) electrons. The fourth-order valence-corrected chi connectivity index (χ4v) is 3.20. The molecule has 0 spiro atoms. The molecule has 4 rings (SSSR count). The molecule has 152 valence electrons. The van der Waals surface area contributed by atoms with E-state index >= 15 is 0 Å². The molecule has 0 unspecified atom stereocenters. The number of anilines is 2. The van der Waals surface area contributed by atoms with Gasteiger partial charge in [0.15, 0.2) is 0 Å². The van der Waals surface area contributed by atoms with Gasteiger partial charge in [0, 0.05) is 44.1 Å². The van der Waals surface area contributed by atoms with Gasteiger partial charge in [-0.05, 0) is 30.3 Å². The number of benzene rings is 1. The van der Waals surface area contributed by atoms with Crippen LogP contribution in [-0.2, 0) is 0 Å². The standard InChI is InChI=1S/C20H22N6O2.ClH/c1-28-19-13-14(26-11-9-21-10-12-26)5-6-17(19)24-20(27)18-4-2-3-15(23-18)16-7-8-22-25-16;/h2-8,13,21H,9-12H2,1H3,(H,22,25)(H,24,27);1H. The van der Waals surface area contributed by atoms with Crippen LogP contribution in [0.1, 0.15) is 10.5 Å². The molecule has 0 bridgehead atoms. The number of aromatic amines is 1. The van der Waals surface area contributed by atoms with E-state index in [1.807, 2.05) is 30.3 Å². The fraction of sp³-hybridized carbons (Fsp3) is 0.250. The van der Waals surface area contributed by atoms with E-state index < -0.39 is 0 Å². The van der Waals surface area contributed by atoms with E-state index in [1.54, 1.807) is 25.4 Å². The Morgan fingerprint density at radius 3 is 2.72 bits per heavy atom. The molecule has 1 aliphatic heterocycles. The van der Waals surface area contributed by atoms with E-state index in [-0.39, 0.29) is 18.3 Å². The van der Waals surface area contributed by atoms with Gasteiger partial charge >= 0.3 is 0 Å². The Labute approximate surface area is 175 Å². The quantitative estimate of drug-likeness (QED) is 0.594. The smallest absolute Gasteiger partial charge is 0.274 e. The second-order valence-corrected chi connectivity index (χ2v) is 6.45. The Balaban J connectivity index is 0.00000240. The first-order valence-electron chi connectivity index (χ1n) is 9.16. The van der Waals surface area contributed by atoms with Gasteiger partial charge in [-0.25, -0.2) is 4.98 Å². The van der Waals surface area contributed by atoms with Crippen molar-refractivity contribution in [2.24, 2.45) is 0 Å². The first-order chi connectivity index (χ1) is 13.7. The maximum Gasteiger partial charge on any atom is 0.274 e. The monoisotopic (exact) mass is 414 g/mol. The number of piperazine rings is 1. The molecule has 3 heterocycles. The SMILES string of the molecule is COc1cc(N2CCNCC2)ccc1NC(=O)c1cccc(-c2ccn[nH]2)n1.Cl. The van der Waals surface area contributed by atoms with Crippen LogP contribution < -0.4 is 20.3 Å². The average Bonchev–Trinajstić information content (AvgIpc) is 3.30. The number of aromatic nitrogens is 3. The van der Waals surface area contributed by atoms with E-state index in [9.17, 15) is 4.79 Å². The van der Waals surface area contributed by atoms with Gasteiger partial charge in [-0.1, -0.05) is 6.07 Å². The van der Waals surface area contributed by atoms with Crippen molar-refractivity contribution in [3.05, 3.63) is 54.4 Å². The molecule has 2 aromatic heterocycles. The van der Waals surface area contributed by atoms with Gasteiger partial charge < -0.3 is 20.3 Å². The van der Waals surface area contributed by atoms with E-state index in [2.05, 4.69) is 30.7 Å². The molecule has 1 aliphatic rings. The number of pyridine rings is 1. The molecule has 29 heavy (non-hydrogen) atoms. The lowest BCUT2D eigenvalue weighted by Crippen LogP contribution is -2.43. The van der Waals surface area contributed by atoms with Gasteiger partial charge in [0.25, 0.3) is 5.91 Å². The number of carbonyl (C=O) groups excluding carboxylic acids is 1. The first-order valence-corrected chi connectivity index (χ1v) is 9.16. The number of hydrogen-bond acceptors (Lipinski definition) is 6. The number of halogens is 1. The Bertz CT molecular complexity index is 957. The Morgan fingerprint density at radius 2 is 2.00 bits per heavy atom. The van der Waals surface area contributed by atoms with Gasteiger partial charge in [0.2, 0.25) is 0 Å². The minimum absolute atomic E-state index is 0. The van der Waals surface area contributed by atoms with Crippen molar-refractivity contribution in [3.8, 4) is 17.1 Å². The highest BCUT2D eigenvalue weighted by atomic mass is 35.5. The van der Waals surface area contributed by atoms with E-state index in [1.165, 1.54) is 0 Å². The van der Waals surface area contributed by atoms with Crippen molar-refractivity contribution in [3.63, 3.8) is 0 Å². The molecule has 0 saturated carbocycles. The Morgan fingerprint density at radius 1 is 1.17 bits per heavy atom. The minimum atomic E-state index is -0.297. The third-order valence-corrected chi connectivity index (χ3v) is 4.67. The highest BCUT2D eigenvalue weighted by Gasteiger charge is 2.16. The van der Waals surface area contributed by atoms with Crippen LogP contribution in [0.5, 0.6) is 5.75 Å². The fourth-order valence-electron chi connectivity index (χ4n) is 3.20. The molecule has 9 heteroatoms. The summed E-state index contributed by atoms with van der Waals surface area (Å²) in [4.78, 5) is 19.4. The summed E-state index contributed by atoms with van der Waals surface area (Å²) < 4.78 is 5.51. The normalized spacial score (nSPS) is 13.5. The number of nitrogens with zero attached hydrogens (tertiary/aromatic N) is 3.